The normalized spacial score (nSPS) is 28.6. The van der Waals surface area contributed by atoms with Gasteiger partial charge in [-0.3, -0.25) is 14.4 Å². The Labute approximate surface area is 152 Å². The summed E-state index contributed by atoms with van der Waals surface area (Å²) < 4.78 is 1.96. The zero-order valence-electron chi connectivity index (χ0n) is 16.7. The van der Waals surface area contributed by atoms with Gasteiger partial charge in [-0.1, -0.05) is 0 Å². The Hall–Kier alpha value is -1.36. The smallest absolute Gasteiger partial charge is 0.274 e. The zero-order valence-corrected chi connectivity index (χ0v) is 16.7. The van der Waals surface area contributed by atoms with E-state index in [1.165, 1.54) is 19.3 Å². The summed E-state index contributed by atoms with van der Waals surface area (Å²) in [6, 6.07) is 3.71. The SMILES string of the molecule is Cc1cc(C(=O)N2CCCC(N3C(C)CCC3C)C2)nn1C(C)(C)C. The van der Waals surface area contributed by atoms with E-state index in [1.807, 2.05) is 22.6 Å². The number of hydrogen-bond donors (Lipinski definition) is 0. The summed E-state index contributed by atoms with van der Waals surface area (Å²) in [6.07, 6.45) is 4.85. The fraction of sp³-hybridized carbons (Fsp3) is 0.800. The highest BCUT2D eigenvalue weighted by molar-refractivity contribution is 5.92. The molecule has 0 bridgehead atoms. The van der Waals surface area contributed by atoms with E-state index in [0.29, 0.717) is 23.8 Å². The van der Waals surface area contributed by atoms with Gasteiger partial charge in [-0.2, -0.15) is 5.10 Å². The Bertz CT molecular complexity index is 620. The Kier molecular flexibility index (Phi) is 4.97. The van der Waals surface area contributed by atoms with Crippen molar-refractivity contribution in [2.24, 2.45) is 0 Å². The van der Waals surface area contributed by atoms with Gasteiger partial charge in [0.15, 0.2) is 5.69 Å². The van der Waals surface area contributed by atoms with Crippen LogP contribution in [0.5, 0.6) is 0 Å². The second-order valence-electron chi connectivity index (χ2n) is 9.02. The van der Waals surface area contributed by atoms with E-state index < -0.39 is 0 Å². The van der Waals surface area contributed by atoms with Gasteiger partial charge in [0.2, 0.25) is 0 Å². The number of carbonyl (C=O) groups is 1. The van der Waals surface area contributed by atoms with Gasteiger partial charge in [0, 0.05) is 36.9 Å². The molecule has 1 aromatic rings. The van der Waals surface area contributed by atoms with Gasteiger partial charge in [0.1, 0.15) is 0 Å². The molecule has 0 spiro atoms. The van der Waals surface area contributed by atoms with Gasteiger partial charge in [0.05, 0.1) is 5.54 Å². The van der Waals surface area contributed by atoms with Crippen molar-refractivity contribution in [3.63, 3.8) is 0 Å². The first-order chi connectivity index (χ1) is 11.7. The van der Waals surface area contributed by atoms with Crippen LogP contribution in [0.3, 0.4) is 0 Å². The van der Waals surface area contributed by atoms with E-state index in [2.05, 4.69) is 44.6 Å². The Morgan fingerprint density at radius 2 is 1.80 bits per heavy atom. The predicted octanol–water partition coefficient (Wildman–Crippen LogP) is 3.42. The summed E-state index contributed by atoms with van der Waals surface area (Å²) in [4.78, 5) is 17.7. The minimum Gasteiger partial charge on any atom is -0.336 e. The van der Waals surface area contributed by atoms with Crippen LogP contribution in [0.1, 0.15) is 76.5 Å². The summed E-state index contributed by atoms with van der Waals surface area (Å²) in [5, 5.41) is 4.62. The van der Waals surface area contributed by atoms with E-state index in [0.717, 1.165) is 25.2 Å². The molecule has 2 aliphatic rings. The molecule has 140 valence electrons. The molecule has 5 nitrogen and oxygen atoms in total. The number of aromatic nitrogens is 2. The molecule has 0 aromatic carbocycles. The molecule has 3 atom stereocenters. The number of piperidine rings is 1. The van der Waals surface area contributed by atoms with Crippen LogP contribution in [-0.4, -0.2) is 56.7 Å². The first-order valence-electron chi connectivity index (χ1n) is 9.82. The van der Waals surface area contributed by atoms with E-state index >= 15 is 0 Å². The van der Waals surface area contributed by atoms with Gasteiger partial charge in [-0.05, 0) is 73.3 Å². The minimum atomic E-state index is -0.104. The highest BCUT2D eigenvalue weighted by Gasteiger charge is 2.37. The van der Waals surface area contributed by atoms with Gasteiger partial charge in [-0.15, -0.1) is 0 Å². The Morgan fingerprint density at radius 3 is 2.36 bits per heavy atom. The van der Waals surface area contributed by atoms with Gasteiger partial charge in [0.25, 0.3) is 5.91 Å². The third-order valence-electron chi connectivity index (χ3n) is 5.87. The van der Waals surface area contributed by atoms with Crippen molar-refractivity contribution in [1.29, 1.82) is 0 Å². The third kappa shape index (κ3) is 3.62. The van der Waals surface area contributed by atoms with Crippen molar-refractivity contribution in [1.82, 2.24) is 19.6 Å². The van der Waals surface area contributed by atoms with Crippen LogP contribution in [0.15, 0.2) is 6.07 Å². The molecule has 2 saturated heterocycles. The van der Waals surface area contributed by atoms with Crippen LogP contribution in [0.25, 0.3) is 0 Å². The number of nitrogens with zero attached hydrogens (tertiary/aromatic N) is 4. The Morgan fingerprint density at radius 1 is 1.16 bits per heavy atom. The maximum absolute atomic E-state index is 13.0. The molecule has 0 aliphatic carbocycles. The molecule has 1 amide bonds. The fourth-order valence-corrected chi connectivity index (χ4v) is 4.74. The lowest BCUT2D eigenvalue weighted by Gasteiger charge is -2.41. The molecule has 3 heterocycles. The van der Waals surface area contributed by atoms with Crippen LogP contribution < -0.4 is 0 Å². The summed E-state index contributed by atoms with van der Waals surface area (Å²) in [6.45, 7) is 14.7. The van der Waals surface area contributed by atoms with Crippen molar-refractivity contribution < 1.29 is 4.79 Å². The monoisotopic (exact) mass is 346 g/mol. The number of carbonyl (C=O) groups excluding carboxylic acids is 1. The van der Waals surface area contributed by atoms with Crippen LogP contribution in [0, 0.1) is 6.92 Å². The van der Waals surface area contributed by atoms with Crippen molar-refractivity contribution >= 4 is 5.91 Å². The molecule has 1 aromatic heterocycles. The van der Waals surface area contributed by atoms with E-state index in [1.54, 1.807) is 0 Å². The highest BCUT2D eigenvalue weighted by atomic mass is 16.2. The van der Waals surface area contributed by atoms with Gasteiger partial charge < -0.3 is 4.90 Å². The van der Waals surface area contributed by atoms with Gasteiger partial charge >= 0.3 is 0 Å². The van der Waals surface area contributed by atoms with Crippen LogP contribution >= 0.6 is 0 Å². The zero-order chi connectivity index (χ0) is 18.4. The van der Waals surface area contributed by atoms with Gasteiger partial charge in [-0.25, -0.2) is 0 Å². The number of hydrogen-bond acceptors (Lipinski definition) is 3. The standard InChI is InChI=1S/C20H34N4O/c1-14-9-10-15(2)23(14)17-8-7-11-22(13-17)19(25)18-12-16(3)24(21-18)20(4,5)6/h12,14-15,17H,7-11,13H2,1-6H3. The largest absolute Gasteiger partial charge is 0.336 e. The molecule has 2 fully saturated rings. The number of rotatable bonds is 2. The average Bonchev–Trinajstić information content (AvgIpc) is 3.09. The highest BCUT2D eigenvalue weighted by Crippen LogP contribution is 2.30. The molecule has 5 heteroatoms. The van der Waals surface area contributed by atoms with Crippen LogP contribution in [0.4, 0.5) is 0 Å². The van der Waals surface area contributed by atoms with E-state index in [4.69, 9.17) is 0 Å². The lowest BCUT2D eigenvalue weighted by molar-refractivity contribution is 0.0481. The van der Waals surface area contributed by atoms with Crippen molar-refractivity contribution in [3.8, 4) is 0 Å². The average molecular weight is 347 g/mol. The lowest BCUT2D eigenvalue weighted by Crippen LogP contribution is -2.52. The number of amides is 1. The molecule has 25 heavy (non-hydrogen) atoms. The predicted molar refractivity (Wildman–Crippen MR) is 101 cm³/mol. The lowest BCUT2D eigenvalue weighted by atomic mass is 10.0. The second-order valence-corrected chi connectivity index (χ2v) is 9.02. The topological polar surface area (TPSA) is 41.4 Å². The van der Waals surface area contributed by atoms with Crippen LogP contribution in [-0.2, 0) is 5.54 Å². The third-order valence-corrected chi connectivity index (χ3v) is 5.87. The molecule has 3 unspecified atom stereocenters. The summed E-state index contributed by atoms with van der Waals surface area (Å²) in [5.74, 6) is 0.0929. The molecule has 0 saturated carbocycles. The molecule has 0 radical (unpaired) electrons. The summed E-state index contributed by atoms with van der Waals surface area (Å²) in [5.41, 5.74) is 1.54. The van der Waals surface area contributed by atoms with Crippen molar-refractivity contribution in [2.45, 2.75) is 90.9 Å². The molecular formula is C20H34N4O. The Balaban J connectivity index is 1.74. The minimum absolute atomic E-state index is 0.0929. The molecule has 2 aliphatic heterocycles. The van der Waals surface area contributed by atoms with Crippen LogP contribution in [0.2, 0.25) is 0 Å². The number of aryl methyl sites for hydroxylation is 1. The first-order valence-corrected chi connectivity index (χ1v) is 9.82. The van der Waals surface area contributed by atoms with E-state index in [9.17, 15) is 4.79 Å². The maximum Gasteiger partial charge on any atom is 0.274 e. The van der Waals surface area contributed by atoms with Crippen molar-refractivity contribution in [3.05, 3.63) is 17.5 Å². The summed E-state index contributed by atoms with van der Waals surface area (Å²) in [7, 11) is 0. The molecule has 3 rings (SSSR count). The first kappa shape index (κ1) is 18.4. The molecule has 0 N–H and O–H groups in total. The van der Waals surface area contributed by atoms with Crippen molar-refractivity contribution in [2.75, 3.05) is 13.1 Å². The number of likely N-dealkylation sites (tertiary alicyclic amines) is 2. The maximum atomic E-state index is 13.0. The summed E-state index contributed by atoms with van der Waals surface area (Å²) >= 11 is 0. The molecular weight excluding hydrogens is 312 g/mol. The van der Waals surface area contributed by atoms with E-state index in [-0.39, 0.29) is 11.4 Å². The second kappa shape index (κ2) is 6.75. The quantitative estimate of drug-likeness (QED) is 0.824. The fourth-order valence-electron chi connectivity index (χ4n) is 4.74.